The van der Waals surface area contributed by atoms with Crippen LogP contribution in [0.15, 0.2) is 18.2 Å². The number of aryl methyl sites for hydroxylation is 1. The van der Waals surface area contributed by atoms with E-state index in [1.165, 1.54) is 18.5 Å². The molecule has 0 aliphatic carbocycles. The molecule has 1 aromatic rings. The number of rotatable bonds is 4. The van der Waals surface area contributed by atoms with E-state index in [2.05, 4.69) is 16.7 Å². The third kappa shape index (κ3) is 4.02. The molecule has 0 aromatic heterocycles. The van der Waals surface area contributed by atoms with Crippen molar-refractivity contribution < 1.29 is 9.13 Å². The average Bonchev–Trinajstić information content (AvgIpc) is 2.98. The second kappa shape index (κ2) is 6.86. The molecule has 21 heavy (non-hydrogen) atoms. The van der Waals surface area contributed by atoms with Crippen molar-refractivity contribution in [2.75, 3.05) is 45.9 Å². The molecule has 0 N–H and O–H groups in total. The van der Waals surface area contributed by atoms with Crippen molar-refractivity contribution in [2.45, 2.75) is 19.9 Å². The van der Waals surface area contributed by atoms with Gasteiger partial charge in [-0.25, -0.2) is 4.39 Å². The molecule has 0 radical (unpaired) electrons. The Morgan fingerprint density at radius 2 is 1.95 bits per heavy atom. The van der Waals surface area contributed by atoms with Crippen LogP contribution >= 0.6 is 0 Å². The molecule has 0 amide bonds. The topological polar surface area (TPSA) is 15.7 Å². The number of piperazine rings is 1. The van der Waals surface area contributed by atoms with Crippen LogP contribution < -0.4 is 0 Å². The molecule has 116 valence electrons. The number of hydrogen-bond acceptors (Lipinski definition) is 3. The van der Waals surface area contributed by atoms with Gasteiger partial charge >= 0.3 is 0 Å². The first kappa shape index (κ1) is 14.9. The summed E-state index contributed by atoms with van der Waals surface area (Å²) in [6.45, 7) is 10.3. The quantitative estimate of drug-likeness (QED) is 0.847. The maximum atomic E-state index is 13.4. The molecular weight excluding hydrogens is 267 g/mol. The van der Waals surface area contributed by atoms with Gasteiger partial charge in [0.25, 0.3) is 0 Å². The molecular formula is C17H25FN2O. The minimum Gasteiger partial charge on any atom is -0.381 e. The lowest BCUT2D eigenvalue weighted by atomic mass is 10.1. The lowest BCUT2D eigenvalue weighted by Gasteiger charge is -2.36. The number of nitrogens with zero attached hydrogens (tertiary/aromatic N) is 2. The number of hydrogen-bond donors (Lipinski definition) is 0. The highest BCUT2D eigenvalue weighted by Gasteiger charge is 2.22. The molecule has 2 heterocycles. The van der Waals surface area contributed by atoms with Crippen LogP contribution in [0.1, 0.15) is 17.5 Å². The van der Waals surface area contributed by atoms with Gasteiger partial charge in [0.1, 0.15) is 5.82 Å². The van der Waals surface area contributed by atoms with Crippen molar-refractivity contribution in [3.05, 3.63) is 35.1 Å². The Balaban J connectivity index is 1.48. The summed E-state index contributed by atoms with van der Waals surface area (Å²) in [7, 11) is 0. The summed E-state index contributed by atoms with van der Waals surface area (Å²) in [4.78, 5) is 4.98. The monoisotopic (exact) mass is 292 g/mol. The van der Waals surface area contributed by atoms with Crippen molar-refractivity contribution in [3.63, 3.8) is 0 Å². The van der Waals surface area contributed by atoms with Gasteiger partial charge in [0.2, 0.25) is 0 Å². The first-order valence-electron chi connectivity index (χ1n) is 7.98. The van der Waals surface area contributed by atoms with Crippen LogP contribution in [-0.4, -0.2) is 55.7 Å². The summed E-state index contributed by atoms with van der Waals surface area (Å²) in [5.41, 5.74) is 2.30. The van der Waals surface area contributed by atoms with E-state index in [1.54, 1.807) is 12.1 Å². The second-order valence-corrected chi connectivity index (χ2v) is 6.38. The van der Waals surface area contributed by atoms with Crippen molar-refractivity contribution in [1.29, 1.82) is 0 Å². The highest BCUT2D eigenvalue weighted by Crippen LogP contribution is 2.17. The normalized spacial score (nSPS) is 24.6. The van der Waals surface area contributed by atoms with Crippen LogP contribution in [-0.2, 0) is 11.3 Å². The summed E-state index contributed by atoms with van der Waals surface area (Å²) in [5.74, 6) is 0.595. The van der Waals surface area contributed by atoms with Crippen molar-refractivity contribution in [2.24, 2.45) is 5.92 Å². The predicted octanol–water partition coefficient (Wildman–Crippen LogP) is 2.29. The Hall–Kier alpha value is -0.970. The molecule has 2 saturated heterocycles. The highest BCUT2D eigenvalue weighted by molar-refractivity contribution is 5.26. The van der Waals surface area contributed by atoms with E-state index < -0.39 is 0 Å². The summed E-state index contributed by atoms with van der Waals surface area (Å²) in [5, 5.41) is 0. The van der Waals surface area contributed by atoms with Crippen LogP contribution in [0.2, 0.25) is 0 Å². The molecule has 0 saturated carbocycles. The van der Waals surface area contributed by atoms with E-state index in [9.17, 15) is 4.39 Å². The Morgan fingerprint density at radius 3 is 2.67 bits per heavy atom. The first-order chi connectivity index (χ1) is 10.2. The fourth-order valence-corrected chi connectivity index (χ4v) is 3.27. The van der Waals surface area contributed by atoms with Gasteiger partial charge in [-0.05, 0) is 42.5 Å². The van der Waals surface area contributed by atoms with Crippen LogP contribution in [0.25, 0.3) is 0 Å². The molecule has 3 rings (SSSR count). The standard InChI is InChI=1S/C17H25FN2O/c1-14-2-3-17(18)10-16(14)12-20-7-5-19(6-8-20)11-15-4-9-21-13-15/h2-3,10,15H,4-9,11-13H2,1H3. The molecule has 4 heteroatoms. The largest absolute Gasteiger partial charge is 0.381 e. The van der Waals surface area contributed by atoms with E-state index in [4.69, 9.17) is 4.74 Å². The Kier molecular flexibility index (Phi) is 4.88. The molecule has 0 bridgehead atoms. The van der Waals surface area contributed by atoms with Crippen molar-refractivity contribution in [1.82, 2.24) is 9.80 Å². The number of halogens is 1. The van der Waals surface area contributed by atoms with Gasteiger partial charge in [0.15, 0.2) is 0 Å². The van der Waals surface area contributed by atoms with E-state index in [0.29, 0.717) is 0 Å². The minimum atomic E-state index is -0.129. The van der Waals surface area contributed by atoms with Crippen molar-refractivity contribution in [3.8, 4) is 0 Å². The summed E-state index contributed by atoms with van der Waals surface area (Å²) in [6.07, 6.45) is 1.21. The Labute approximate surface area is 126 Å². The smallest absolute Gasteiger partial charge is 0.123 e. The fraction of sp³-hybridized carbons (Fsp3) is 0.647. The summed E-state index contributed by atoms with van der Waals surface area (Å²) < 4.78 is 18.8. The highest BCUT2D eigenvalue weighted by atomic mass is 19.1. The molecule has 0 spiro atoms. The third-order valence-corrected chi connectivity index (χ3v) is 4.71. The molecule has 2 aliphatic rings. The Morgan fingerprint density at radius 1 is 1.19 bits per heavy atom. The van der Waals surface area contributed by atoms with E-state index >= 15 is 0 Å². The zero-order chi connectivity index (χ0) is 14.7. The summed E-state index contributed by atoms with van der Waals surface area (Å²) >= 11 is 0. The molecule has 1 atom stereocenters. The van der Waals surface area contributed by atoms with Crippen LogP contribution in [0, 0.1) is 18.7 Å². The van der Waals surface area contributed by atoms with Gasteiger partial charge in [-0.2, -0.15) is 0 Å². The van der Waals surface area contributed by atoms with Gasteiger partial charge in [-0.1, -0.05) is 6.07 Å². The molecule has 1 aromatic carbocycles. The number of ether oxygens (including phenoxy) is 1. The molecule has 3 nitrogen and oxygen atoms in total. The van der Waals surface area contributed by atoms with Gasteiger partial charge in [0, 0.05) is 45.9 Å². The zero-order valence-electron chi connectivity index (χ0n) is 12.9. The van der Waals surface area contributed by atoms with Gasteiger partial charge < -0.3 is 9.64 Å². The van der Waals surface area contributed by atoms with Crippen LogP contribution in [0.4, 0.5) is 4.39 Å². The molecule has 2 aliphatic heterocycles. The van der Waals surface area contributed by atoms with E-state index in [-0.39, 0.29) is 5.82 Å². The summed E-state index contributed by atoms with van der Waals surface area (Å²) in [6, 6.07) is 5.10. The maximum absolute atomic E-state index is 13.4. The van der Waals surface area contributed by atoms with E-state index in [0.717, 1.165) is 57.4 Å². The van der Waals surface area contributed by atoms with Gasteiger partial charge in [0.05, 0.1) is 6.61 Å². The lowest BCUT2D eigenvalue weighted by Crippen LogP contribution is -2.47. The Bertz CT molecular complexity index is 466. The van der Waals surface area contributed by atoms with E-state index in [1.807, 2.05) is 6.07 Å². The fourth-order valence-electron chi connectivity index (χ4n) is 3.27. The zero-order valence-corrected chi connectivity index (χ0v) is 12.9. The van der Waals surface area contributed by atoms with Crippen molar-refractivity contribution >= 4 is 0 Å². The average molecular weight is 292 g/mol. The molecule has 2 fully saturated rings. The minimum absolute atomic E-state index is 0.129. The SMILES string of the molecule is Cc1ccc(F)cc1CN1CCN(CC2CCOC2)CC1. The predicted molar refractivity (Wildman–Crippen MR) is 81.8 cm³/mol. The lowest BCUT2D eigenvalue weighted by molar-refractivity contribution is 0.106. The maximum Gasteiger partial charge on any atom is 0.123 e. The van der Waals surface area contributed by atoms with Crippen LogP contribution in [0.5, 0.6) is 0 Å². The first-order valence-corrected chi connectivity index (χ1v) is 7.98. The van der Waals surface area contributed by atoms with Gasteiger partial charge in [-0.15, -0.1) is 0 Å². The number of benzene rings is 1. The van der Waals surface area contributed by atoms with Gasteiger partial charge in [-0.3, -0.25) is 4.90 Å². The molecule has 1 unspecified atom stereocenters. The third-order valence-electron chi connectivity index (χ3n) is 4.71. The van der Waals surface area contributed by atoms with Crippen LogP contribution in [0.3, 0.4) is 0 Å². The second-order valence-electron chi connectivity index (χ2n) is 6.38.